The van der Waals surface area contributed by atoms with Gasteiger partial charge < -0.3 is 24.3 Å². The highest BCUT2D eigenvalue weighted by Crippen LogP contribution is 2.40. The van der Waals surface area contributed by atoms with Crippen LogP contribution in [0.2, 0.25) is 0 Å². The molecule has 0 bridgehead atoms. The van der Waals surface area contributed by atoms with Gasteiger partial charge in [0, 0.05) is 10.4 Å². The van der Waals surface area contributed by atoms with Crippen LogP contribution in [-0.2, 0) is 11.3 Å². The maximum atomic E-state index is 13.1. The predicted molar refractivity (Wildman–Crippen MR) is 128 cm³/mol. The Labute approximate surface area is 197 Å². The number of carbonyl (C=O) groups is 2. The SMILES string of the molecule is CCOC(=O)c1c(NC(=O)c2cc(OC)c(OCc3ccccc3)c(OC)c2)sc(C)c1C. The van der Waals surface area contributed by atoms with Crippen molar-refractivity contribution < 1.29 is 28.5 Å². The van der Waals surface area contributed by atoms with Crippen molar-refractivity contribution in [1.29, 1.82) is 0 Å². The minimum absolute atomic E-state index is 0.249. The third-order valence-corrected chi connectivity index (χ3v) is 6.16. The molecule has 33 heavy (non-hydrogen) atoms. The van der Waals surface area contributed by atoms with Crippen molar-refractivity contribution in [3.05, 3.63) is 69.6 Å². The molecule has 1 heterocycles. The lowest BCUT2D eigenvalue weighted by atomic mass is 10.1. The molecule has 0 atom stereocenters. The van der Waals surface area contributed by atoms with E-state index in [1.165, 1.54) is 25.6 Å². The third kappa shape index (κ3) is 5.46. The van der Waals surface area contributed by atoms with E-state index in [-0.39, 0.29) is 6.61 Å². The van der Waals surface area contributed by atoms with Crippen LogP contribution in [0.1, 0.15) is 43.6 Å². The zero-order valence-corrected chi connectivity index (χ0v) is 20.1. The summed E-state index contributed by atoms with van der Waals surface area (Å²) in [6.07, 6.45) is 0. The molecule has 0 spiro atoms. The van der Waals surface area contributed by atoms with E-state index in [1.54, 1.807) is 19.1 Å². The molecule has 3 rings (SSSR count). The van der Waals surface area contributed by atoms with Crippen molar-refractivity contribution >= 4 is 28.2 Å². The zero-order chi connectivity index (χ0) is 24.0. The average molecular weight is 470 g/mol. The van der Waals surface area contributed by atoms with Crippen molar-refractivity contribution in [2.75, 3.05) is 26.1 Å². The molecular formula is C25H27NO6S. The van der Waals surface area contributed by atoms with Gasteiger partial charge in [0.15, 0.2) is 11.5 Å². The fourth-order valence-corrected chi connectivity index (χ4v) is 4.27. The summed E-state index contributed by atoms with van der Waals surface area (Å²) in [5, 5.41) is 3.28. The van der Waals surface area contributed by atoms with E-state index < -0.39 is 11.9 Å². The maximum Gasteiger partial charge on any atom is 0.341 e. The number of ether oxygens (including phenoxy) is 4. The summed E-state index contributed by atoms with van der Waals surface area (Å²) in [6.45, 7) is 6.03. The molecule has 1 aromatic heterocycles. The van der Waals surface area contributed by atoms with Crippen LogP contribution >= 0.6 is 11.3 Å². The van der Waals surface area contributed by atoms with E-state index in [0.29, 0.717) is 40.0 Å². The van der Waals surface area contributed by atoms with Crippen molar-refractivity contribution in [1.82, 2.24) is 0 Å². The highest BCUT2D eigenvalue weighted by molar-refractivity contribution is 7.16. The van der Waals surface area contributed by atoms with Gasteiger partial charge in [-0.25, -0.2) is 4.79 Å². The summed E-state index contributed by atoms with van der Waals surface area (Å²) < 4.78 is 22.1. The van der Waals surface area contributed by atoms with Crippen LogP contribution in [0.15, 0.2) is 42.5 Å². The van der Waals surface area contributed by atoms with Crippen molar-refractivity contribution in [2.45, 2.75) is 27.4 Å². The Hall–Kier alpha value is -3.52. The van der Waals surface area contributed by atoms with E-state index in [1.807, 2.05) is 44.2 Å². The lowest BCUT2D eigenvalue weighted by molar-refractivity contribution is 0.0527. The Bertz CT molecular complexity index is 1110. The molecule has 1 amide bonds. The van der Waals surface area contributed by atoms with Crippen molar-refractivity contribution in [2.24, 2.45) is 0 Å². The lowest BCUT2D eigenvalue weighted by Gasteiger charge is -2.16. The smallest absolute Gasteiger partial charge is 0.341 e. The van der Waals surface area contributed by atoms with Gasteiger partial charge in [0.25, 0.3) is 5.91 Å². The van der Waals surface area contributed by atoms with Crippen LogP contribution in [-0.4, -0.2) is 32.7 Å². The molecule has 0 unspecified atom stereocenters. The van der Waals surface area contributed by atoms with Gasteiger partial charge in [-0.3, -0.25) is 4.79 Å². The van der Waals surface area contributed by atoms with Crippen LogP contribution in [0, 0.1) is 13.8 Å². The number of carbonyl (C=O) groups excluding carboxylic acids is 2. The van der Waals surface area contributed by atoms with Gasteiger partial charge >= 0.3 is 5.97 Å². The highest BCUT2D eigenvalue weighted by Gasteiger charge is 2.24. The lowest BCUT2D eigenvalue weighted by Crippen LogP contribution is -2.15. The van der Waals surface area contributed by atoms with Crippen LogP contribution in [0.4, 0.5) is 5.00 Å². The van der Waals surface area contributed by atoms with E-state index in [2.05, 4.69) is 5.32 Å². The van der Waals surface area contributed by atoms with Gasteiger partial charge in [0.2, 0.25) is 5.75 Å². The Morgan fingerprint density at radius 1 is 1.00 bits per heavy atom. The van der Waals surface area contributed by atoms with Crippen LogP contribution < -0.4 is 19.5 Å². The number of nitrogens with one attached hydrogen (secondary N) is 1. The number of rotatable bonds is 9. The molecule has 0 aliphatic heterocycles. The predicted octanol–water partition coefficient (Wildman–Crippen LogP) is 5.39. The second-order valence-corrected chi connectivity index (χ2v) is 8.37. The first-order valence-electron chi connectivity index (χ1n) is 10.4. The second-order valence-electron chi connectivity index (χ2n) is 7.15. The number of esters is 1. The van der Waals surface area contributed by atoms with E-state index >= 15 is 0 Å². The quantitative estimate of drug-likeness (QED) is 0.423. The third-order valence-electron chi connectivity index (χ3n) is 5.04. The first-order valence-corrected chi connectivity index (χ1v) is 11.2. The second kappa shape index (κ2) is 10.9. The first-order chi connectivity index (χ1) is 15.9. The Balaban J connectivity index is 1.88. The molecule has 7 nitrogen and oxygen atoms in total. The molecule has 174 valence electrons. The summed E-state index contributed by atoms with van der Waals surface area (Å²) in [6, 6.07) is 12.9. The first kappa shape index (κ1) is 24.1. The van der Waals surface area contributed by atoms with E-state index in [0.717, 1.165) is 16.0 Å². The Kier molecular flexibility index (Phi) is 7.95. The standard InChI is InChI=1S/C25H27NO6S/c1-6-31-25(28)21-15(2)16(3)33-24(21)26-23(27)18-12-19(29-4)22(20(13-18)30-5)32-14-17-10-8-7-9-11-17/h7-13H,6,14H2,1-5H3,(H,26,27). The van der Waals surface area contributed by atoms with Crippen molar-refractivity contribution in [3.8, 4) is 17.2 Å². The van der Waals surface area contributed by atoms with Crippen LogP contribution in [0.25, 0.3) is 0 Å². The number of methoxy groups -OCH3 is 2. The van der Waals surface area contributed by atoms with Crippen molar-refractivity contribution in [3.63, 3.8) is 0 Å². The van der Waals surface area contributed by atoms with Crippen LogP contribution in [0.3, 0.4) is 0 Å². The summed E-state index contributed by atoms with van der Waals surface area (Å²) in [5.74, 6) is 0.247. The summed E-state index contributed by atoms with van der Waals surface area (Å²) >= 11 is 1.33. The molecule has 2 aromatic carbocycles. The number of thiophene rings is 1. The highest BCUT2D eigenvalue weighted by atomic mass is 32.1. The molecule has 0 saturated carbocycles. The van der Waals surface area contributed by atoms with Gasteiger partial charge in [0.1, 0.15) is 11.6 Å². The largest absolute Gasteiger partial charge is 0.493 e. The van der Waals surface area contributed by atoms with Gasteiger partial charge in [-0.15, -0.1) is 11.3 Å². The number of amides is 1. The minimum atomic E-state index is -0.463. The number of anilines is 1. The number of hydrogen-bond donors (Lipinski definition) is 1. The normalized spacial score (nSPS) is 10.5. The van der Waals surface area contributed by atoms with Gasteiger partial charge in [-0.2, -0.15) is 0 Å². The minimum Gasteiger partial charge on any atom is -0.493 e. The van der Waals surface area contributed by atoms with E-state index in [4.69, 9.17) is 18.9 Å². The molecular weight excluding hydrogens is 442 g/mol. The maximum absolute atomic E-state index is 13.1. The zero-order valence-electron chi connectivity index (χ0n) is 19.3. The molecule has 0 radical (unpaired) electrons. The average Bonchev–Trinajstić information content (AvgIpc) is 3.10. The van der Waals surface area contributed by atoms with E-state index in [9.17, 15) is 9.59 Å². The molecule has 3 aromatic rings. The number of hydrogen-bond acceptors (Lipinski definition) is 7. The molecule has 0 saturated heterocycles. The Morgan fingerprint density at radius 2 is 1.64 bits per heavy atom. The Morgan fingerprint density at radius 3 is 2.21 bits per heavy atom. The van der Waals surface area contributed by atoms with Crippen LogP contribution in [0.5, 0.6) is 17.2 Å². The molecule has 8 heteroatoms. The molecule has 1 N–H and O–H groups in total. The topological polar surface area (TPSA) is 83.1 Å². The summed E-state index contributed by atoms with van der Waals surface area (Å²) in [7, 11) is 2.99. The van der Waals surface area contributed by atoms with Gasteiger partial charge in [0.05, 0.1) is 26.4 Å². The summed E-state index contributed by atoms with van der Waals surface area (Å²) in [4.78, 5) is 26.4. The fourth-order valence-electron chi connectivity index (χ4n) is 3.22. The molecule has 0 fully saturated rings. The molecule has 0 aliphatic carbocycles. The molecule has 0 aliphatic rings. The number of benzene rings is 2. The van der Waals surface area contributed by atoms with Gasteiger partial charge in [-0.1, -0.05) is 30.3 Å². The van der Waals surface area contributed by atoms with Gasteiger partial charge in [-0.05, 0) is 44.0 Å². The number of aryl methyl sites for hydroxylation is 1. The fraction of sp³-hybridized carbons (Fsp3) is 0.280. The summed E-state index contributed by atoms with van der Waals surface area (Å²) in [5.41, 5.74) is 2.44. The monoisotopic (exact) mass is 469 g/mol.